The molecule has 0 bridgehead atoms. The van der Waals surface area contributed by atoms with Gasteiger partial charge in [-0.3, -0.25) is 4.98 Å². The number of aromatic nitrogens is 1. The Hall–Kier alpha value is -1.45. The number of rotatable bonds is 3. The lowest BCUT2D eigenvalue weighted by Gasteiger charge is -2.14. The summed E-state index contributed by atoms with van der Waals surface area (Å²) in [6.45, 7) is 3.72. The van der Waals surface area contributed by atoms with Gasteiger partial charge in [-0.2, -0.15) is 0 Å². The smallest absolute Gasteiger partial charge is 0.145 e. The topological polar surface area (TPSA) is 33.1 Å². The van der Waals surface area contributed by atoms with E-state index in [1.54, 1.807) is 12.1 Å². The summed E-state index contributed by atoms with van der Waals surface area (Å²) in [6.07, 6.45) is -0.612. The summed E-state index contributed by atoms with van der Waals surface area (Å²) >= 11 is 5.73. The van der Waals surface area contributed by atoms with Gasteiger partial charge in [-0.1, -0.05) is 29.8 Å². The summed E-state index contributed by atoms with van der Waals surface area (Å²) in [7, 11) is 0. The molecule has 19 heavy (non-hydrogen) atoms. The van der Waals surface area contributed by atoms with Crippen molar-refractivity contribution in [3.05, 3.63) is 63.7 Å². The van der Waals surface area contributed by atoms with Gasteiger partial charge in [0, 0.05) is 23.4 Å². The SMILES string of the molecule is Cc1ccc(C(O)Cc2cccc(Cl)c2F)c(C)n1. The Balaban J connectivity index is 2.25. The van der Waals surface area contributed by atoms with Crippen LogP contribution >= 0.6 is 11.6 Å². The van der Waals surface area contributed by atoms with Crippen LogP contribution in [0.5, 0.6) is 0 Å². The van der Waals surface area contributed by atoms with Crippen molar-refractivity contribution in [2.24, 2.45) is 0 Å². The molecule has 1 heterocycles. The molecule has 4 heteroatoms. The molecule has 100 valence electrons. The lowest BCUT2D eigenvalue weighted by atomic mass is 10.00. The van der Waals surface area contributed by atoms with Crippen molar-refractivity contribution in [2.75, 3.05) is 0 Å². The Morgan fingerprint density at radius 2 is 2.00 bits per heavy atom. The van der Waals surface area contributed by atoms with Gasteiger partial charge in [0.1, 0.15) is 5.82 Å². The van der Waals surface area contributed by atoms with E-state index >= 15 is 0 Å². The molecule has 0 saturated carbocycles. The van der Waals surface area contributed by atoms with Gasteiger partial charge < -0.3 is 5.11 Å². The zero-order valence-corrected chi connectivity index (χ0v) is 11.6. The van der Waals surface area contributed by atoms with Gasteiger partial charge in [0.15, 0.2) is 0 Å². The number of aryl methyl sites for hydroxylation is 2. The first-order chi connectivity index (χ1) is 8.99. The van der Waals surface area contributed by atoms with Crippen LogP contribution in [0.1, 0.15) is 28.6 Å². The lowest BCUT2D eigenvalue weighted by molar-refractivity contribution is 0.176. The maximum Gasteiger partial charge on any atom is 0.145 e. The van der Waals surface area contributed by atoms with E-state index in [-0.39, 0.29) is 11.4 Å². The molecule has 1 aromatic heterocycles. The minimum Gasteiger partial charge on any atom is -0.388 e. The molecular weight excluding hydrogens is 265 g/mol. The highest BCUT2D eigenvalue weighted by molar-refractivity contribution is 6.30. The van der Waals surface area contributed by atoms with E-state index in [0.717, 1.165) is 11.4 Å². The van der Waals surface area contributed by atoms with Crippen LogP contribution in [0.15, 0.2) is 30.3 Å². The number of hydrogen-bond donors (Lipinski definition) is 1. The Morgan fingerprint density at radius 3 is 2.68 bits per heavy atom. The molecule has 1 unspecified atom stereocenters. The predicted octanol–water partition coefficient (Wildman–Crippen LogP) is 3.77. The standard InChI is InChI=1S/C15H15ClFNO/c1-9-6-7-12(10(2)18-9)14(19)8-11-4-3-5-13(16)15(11)17/h3-7,14,19H,8H2,1-2H3. The fraction of sp³-hybridized carbons (Fsp3) is 0.267. The van der Waals surface area contributed by atoms with E-state index in [1.165, 1.54) is 6.07 Å². The Bertz CT molecular complexity index is 601. The highest BCUT2D eigenvalue weighted by Gasteiger charge is 2.15. The second-order valence-corrected chi connectivity index (χ2v) is 4.97. The summed E-state index contributed by atoms with van der Waals surface area (Å²) in [5.74, 6) is -0.471. The summed E-state index contributed by atoms with van der Waals surface area (Å²) < 4.78 is 13.8. The monoisotopic (exact) mass is 279 g/mol. The molecule has 2 nitrogen and oxygen atoms in total. The third-order valence-electron chi connectivity index (χ3n) is 3.07. The molecule has 0 aliphatic heterocycles. The molecule has 0 saturated heterocycles. The van der Waals surface area contributed by atoms with Crippen LogP contribution in [0, 0.1) is 19.7 Å². The molecule has 1 atom stereocenters. The van der Waals surface area contributed by atoms with Crippen LogP contribution < -0.4 is 0 Å². The third-order valence-corrected chi connectivity index (χ3v) is 3.36. The highest BCUT2D eigenvalue weighted by Crippen LogP contribution is 2.25. The van der Waals surface area contributed by atoms with Crippen LogP contribution in [0.25, 0.3) is 0 Å². The normalized spacial score (nSPS) is 12.5. The molecule has 1 N–H and O–H groups in total. The number of nitrogens with zero attached hydrogens (tertiary/aromatic N) is 1. The molecule has 0 aliphatic carbocycles. The molecule has 2 aromatic rings. The molecule has 0 amide bonds. The van der Waals surface area contributed by atoms with Crippen molar-refractivity contribution in [1.82, 2.24) is 4.98 Å². The Labute approximate surface area is 116 Å². The molecule has 0 aliphatic rings. The maximum absolute atomic E-state index is 13.8. The van der Waals surface area contributed by atoms with E-state index in [9.17, 15) is 9.50 Å². The first kappa shape index (κ1) is 14.0. The number of benzene rings is 1. The zero-order valence-electron chi connectivity index (χ0n) is 10.8. The van der Waals surface area contributed by atoms with Gasteiger partial charge in [0.25, 0.3) is 0 Å². The van der Waals surface area contributed by atoms with Crippen LogP contribution in [-0.2, 0) is 6.42 Å². The van der Waals surface area contributed by atoms with Gasteiger partial charge in [-0.15, -0.1) is 0 Å². The molecular formula is C15H15ClFNO. The molecule has 2 rings (SSSR count). The van der Waals surface area contributed by atoms with Crippen LogP contribution in [-0.4, -0.2) is 10.1 Å². The van der Waals surface area contributed by atoms with Gasteiger partial charge in [-0.25, -0.2) is 4.39 Å². The first-order valence-corrected chi connectivity index (χ1v) is 6.42. The fourth-order valence-electron chi connectivity index (χ4n) is 2.07. The number of halogens is 2. The van der Waals surface area contributed by atoms with Gasteiger partial charge in [-0.05, 0) is 31.5 Å². The minimum absolute atomic E-state index is 0.0726. The van der Waals surface area contributed by atoms with Gasteiger partial charge >= 0.3 is 0 Å². The summed E-state index contributed by atoms with van der Waals surface area (Å²) in [5.41, 5.74) is 2.77. The highest BCUT2D eigenvalue weighted by atomic mass is 35.5. The van der Waals surface area contributed by atoms with Crippen molar-refractivity contribution >= 4 is 11.6 Å². The van der Waals surface area contributed by atoms with E-state index in [4.69, 9.17) is 11.6 Å². The third kappa shape index (κ3) is 3.11. The largest absolute Gasteiger partial charge is 0.388 e. The number of aliphatic hydroxyl groups excluding tert-OH is 1. The number of pyridine rings is 1. The van der Waals surface area contributed by atoms with E-state index in [1.807, 2.05) is 26.0 Å². The van der Waals surface area contributed by atoms with Crippen molar-refractivity contribution in [3.8, 4) is 0 Å². The molecule has 0 fully saturated rings. The van der Waals surface area contributed by atoms with Crippen molar-refractivity contribution in [2.45, 2.75) is 26.4 Å². The zero-order chi connectivity index (χ0) is 14.0. The summed E-state index contributed by atoms with van der Waals surface area (Å²) in [4.78, 5) is 4.30. The maximum atomic E-state index is 13.8. The predicted molar refractivity (Wildman–Crippen MR) is 73.8 cm³/mol. The number of hydrogen-bond acceptors (Lipinski definition) is 2. The Morgan fingerprint density at radius 1 is 1.26 bits per heavy atom. The van der Waals surface area contributed by atoms with Crippen LogP contribution in [0.4, 0.5) is 4.39 Å². The van der Waals surface area contributed by atoms with E-state index < -0.39 is 11.9 Å². The van der Waals surface area contributed by atoms with E-state index in [2.05, 4.69) is 4.98 Å². The first-order valence-electron chi connectivity index (χ1n) is 6.04. The second-order valence-electron chi connectivity index (χ2n) is 4.56. The van der Waals surface area contributed by atoms with Crippen molar-refractivity contribution in [3.63, 3.8) is 0 Å². The summed E-state index contributed by atoms with van der Waals surface area (Å²) in [5, 5.41) is 10.3. The second kappa shape index (κ2) is 5.68. The minimum atomic E-state index is -0.791. The van der Waals surface area contributed by atoms with Crippen LogP contribution in [0.3, 0.4) is 0 Å². The van der Waals surface area contributed by atoms with Gasteiger partial charge in [0.05, 0.1) is 11.1 Å². The average molecular weight is 280 g/mol. The van der Waals surface area contributed by atoms with Crippen molar-refractivity contribution in [1.29, 1.82) is 0 Å². The van der Waals surface area contributed by atoms with Crippen molar-refractivity contribution < 1.29 is 9.50 Å². The average Bonchev–Trinajstić information content (AvgIpc) is 2.34. The summed E-state index contributed by atoms with van der Waals surface area (Å²) in [6, 6.07) is 8.45. The van der Waals surface area contributed by atoms with Gasteiger partial charge in [0.2, 0.25) is 0 Å². The molecule has 0 spiro atoms. The lowest BCUT2D eigenvalue weighted by Crippen LogP contribution is -2.07. The van der Waals surface area contributed by atoms with Crippen LogP contribution in [0.2, 0.25) is 5.02 Å². The quantitative estimate of drug-likeness (QED) is 0.928. The fourth-order valence-corrected chi connectivity index (χ4v) is 2.27. The molecule has 0 radical (unpaired) electrons. The number of aliphatic hydroxyl groups is 1. The molecule has 1 aromatic carbocycles. The van der Waals surface area contributed by atoms with E-state index in [0.29, 0.717) is 11.1 Å². The Kier molecular flexibility index (Phi) is 4.17.